The monoisotopic (exact) mass is 413 g/mol. The van der Waals surface area contributed by atoms with Crippen LogP contribution in [0.3, 0.4) is 0 Å². The molecule has 0 spiro atoms. The summed E-state index contributed by atoms with van der Waals surface area (Å²) in [7, 11) is 0. The summed E-state index contributed by atoms with van der Waals surface area (Å²) < 4.78 is 1.77. The molecule has 1 aromatic heterocycles. The summed E-state index contributed by atoms with van der Waals surface area (Å²) in [5.74, 6) is -0.0851. The maximum Gasteiger partial charge on any atom is 0.389 e. The molecule has 0 unspecified atom stereocenters. The van der Waals surface area contributed by atoms with E-state index in [4.69, 9.17) is 0 Å². The molecule has 2 fully saturated rings. The first-order valence-electron chi connectivity index (χ1n) is 11.0. The van der Waals surface area contributed by atoms with Gasteiger partial charge in [-0.25, -0.2) is 0 Å². The van der Waals surface area contributed by atoms with Crippen molar-refractivity contribution in [2.45, 2.75) is 69.8 Å². The van der Waals surface area contributed by atoms with E-state index in [1.165, 1.54) is 23.6 Å². The Labute approximate surface area is 177 Å². The van der Waals surface area contributed by atoms with Crippen LogP contribution in [0, 0.1) is 10.1 Å². The molecule has 1 saturated carbocycles. The topological polar surface area (TPSA) is 96.5 Å². The van der Waals surface area contributed by atoms with Gasteiger partial charge in [0.25, 0.3) is 0 Å². The minimum absolute atomic E-state index is 0.0851. The summed E-state index contributed by atoms with van der Waals surface area (Å²) in [6.45, 7) is 3.63. The van der Waals surface area contributed by atoms with Gasteiger partial charge in [0.05, 0.1) is 29.5 Å². The number of nitro groups is 1. The van der Waals surface area contributed by atoms with Gasteiger partial charge in [-0.05, 0) is 41.7 Å². The van der Waals surface area contributed by atoms with Crippen molar-refractivity contribution in [3.8, 4) is 0 Å². The molecule has 1 aliphatic carbocycles. The zero-order chi connectivity index (χ0) is 20.9. The first-order valence-corrected chi connectivity index (χ1v) is 11.0. The van der Waals surface area contributed by atoms with Crippen molar-refractivity contribution in [3.05, 3.63) is 57.8 Å². The number of aliphatic hydroxyl groups is 1. The highest BCUT2D eigenvalue weighted by Gasteiger charge is 2.29. The highest BCUT2D eigenvalue weighted by atomic mass is 16.6. The number of aromatic nitrogens is 2. The van der Waals surface area contributed by atoms with Crippen molar-refractivity contribution >= 4 is 5.82 Å². The second-order valence-corrected chi connectivity index (χ2v) is 8.57. The third-order valence-electron chi connectivity index (χ3n) is 6.41. The third-order valence-corrected chi connectivity index (χ3v) is 6.41. The van der Waals surface area contributed by atoms with Gasteiger partial charge in [0.2, 0.25) is 0 Å². The zero-order valence-corrected chi connectivity index (χ0v) is 17.3. The van der Waals surface area contributed by atoms with E-state index >= 15 is 0 Å². The Hall–Kier alpha value is -2.29. The average Bonchev–Trinajstić information content (AvgIpc) is 3.26. The highest BCUT2D eigenvalue weighted by molar-refractivity contribution is 5.22. The predicted octanol–water partition coefficient (Wildman–Crippen LogP) is 3.02. The number of rotatable bonds is 7. The molecule has 0 bridgehead atoms. The lowest BCUT2D eigenvalue weighted by Crippen LogP contribution is -2.39. The van der Waals surface area contributed by atoms with E-state index in [1.54, 1.807) is 10.9 Å². The Balaban J connectivity index is 1.31. The quantitative estimate of drug-likeness (QED) is 0.535. The molecule has 2 atom stereocenters. The molecule has 1 aromatic carbocycles. The van der Waals surface area contributed by atoms with Crippen LogP contribution in [0.4, 0.5) is 5.82 Å². The van der Waals surface area contributed by atoms with E-state index in [1.807, 2.05) is 0 Å². The summed E-state index contributed by atoms with van der Waals surface area (Å²) in [6.07, 6.45) is 7.66. The summed E-state index contributed by atoms with van der Waals surface area (Å²) in [4.78, 5) is 12.9. The number of nitrogens with zero attached hydrogens (tertiary/aromatic N) is 4. The van der Waals surface area contributed by atoms with E-state index in [0.717, 1.165) is 58.3 Å². The van der Waals surface area contributed by atoms with Gasteiger partial charge in [-0.1, -0.05) is 37.1 Å². The zero-order valence-electron chi connectivity index (χ0n) is 17.3. The molecule has 162 valence electrons. The Morgan fingerprint density at radius 1 is 1.07 bits per heavy atom. The fourth-order valence-corrected chi connectivity index (χ4v) is 4.62. The van der Waals surface area contributed by atoms with Crippen LogP contribution in [0.25, 0.3) is 0 Å². The van der Waals surface area contributed by atoms with E-state index in [9.17, 15) is 15.2 Å². The van der Waals surface area contributed by atoms with Crippen molar-refractivity contribution in [3.63, 3.8) is 0 Å². The lowest BCUT2D eigenvalue weighted by molar-refractivity contribution is -0.389. The molecule has 8 heteroatoms. The van der Waals surface area contributed by atoms with Gasteiger partial charge in [-0.15, -0.1) is 0 Å². The number of aliphatic hydroxyl groups excluding tert-OH is 1. The van der Waals surface area contributed by atoms with E-state index < -0.39 is 4.92 Å². The van der Waals surface area contributed by atoms with Crippen molar-refractivity contribution < 1.29 is 10.0 Å². The standard InChI is InChI=1S/C22H31N5O3/c28-19-9-12-25(13-10-19)16-18-7-5-17(6-8-18)15-23-20-3-1-2-4-21(20)26-14-11-22(24-26)27(29)30/h5-8,11,14,19-21,23,28H,1-4,9-10,12-13,15-16H2/t20-,21-/m0/s1. The van der Waals surface area contributed by atoms with Crippen LogP contribution in [-0.2, 0) is 13.1 Å². The fourth-order valence-electron chi connectivity index (χ4n) is 4.62. The Morgan fingerprint density at radius 2 is 1.77 bits per heavy atom. The van der Waals surface area contributed by atoms with Gasteiger partial charge >= 0.3 is 5.82 Å². The molecule has 8 nitrogen and oxygen atoms in total. The summed E-state index contributed by atoms with van der Waals surface area (Å²) in [5, 5.41) is 28.4. The SMILES string of the molecule is O=[N+]([O-])c1ccn([C@H]2CCCC[C@@H]2NCc2ccc(CN3CCC(O)CC3)cc2)n1. The van der Waals surface area contributed by atoms with Crippen LogP contribution in [0.5, 0.6) is 0 Å². The van der Waals surface area contributed by atoms with Crippen LogP contribution in [-0.4, -0.2) is 49.9 Å². The number of hydrogen-bond acceptors (Lipinski definition) is 6. The molecule has 1 saturated heterocycles. The lowest BCUT2D eigenvalue weighted by Gasteiger charge is -2.31. The smallest absolute Gasteiger partial charge is 0.389 e. The van der Waals surface area contributed by atoms with Gasteiger partial charge in [0.15, 0.2) is 0 Å². The molecule has 30 heavy (non-hydrogen) atoms. The first kappa shape index (κ1) is 21.0. The van der Waals surface area contributed by atoms with Crippen molar-refractivity contribution in [2.24, 2.45) is 0 Å². The van der Waals surface area contributed by atoms with Gasteiger partial charge in [0, 0.05) is 32.2 Å². The Kier molecular flexibility index (Phi) is 6.76. The lowest BCUT2D eigenvalue weighted by atomic mass is 9.90. The average molecular weight is 414 g/mol. The summed E-state index contributed by atoms with van der Waals surface area (Å²) >= 11 is 0. The normalized spacial score (nSPS) is 23.5. The third kappa shape index (κ3) is 5.24. The van der Waals surface area contributed by atoms with Crippen LogP contribution < -0.4 is 5.32 Å². The van der Waals surface area contributed by atoms with Crippen LogP contribution in [0.2, 0.25) is 0 Å². The fraction of sp³-hybridized carbons (Fsp3) is 0.591. The number of hydrogen-bond donors (Lipinski definition) is 2. The van der Waals surface area contributed by atoms with Crippen molar-refractivity contribution in [1.29, 1.82) is 0 Å². The Bertz CT molecular complexity index is 830. The summed E-state index contributed by atoms with van der Waals surface area (Å²) in [5.41, 5.74) is 2.54. The molecule has 2 heterocycles. The second-order valence-electron chi connectivity index (χ2n) is 8.57. The molecule has 1 aliphatic heterocycles. The molecule has 0 amide bonds. The number of benzene rings is 1. The van der Waals surface area contributed by atoms with E-state index in [-0.39, 0.29) is 24.0 Å². The highest BCUT2D eigenvalue weighted by Crippen LogP contribution is 2.29. The van der Waals surface area contributed by atoms with Gasteiger partial charge in [-0.3, -0.25) is 4.90 Å². The second kappa shape index (κ2) is 9.68. The molecular formula is C22H31N5O3. The minimum Gasteiger partial charge on any atom is -0.393 e. The number of likely N-dealkylation sites (tertiary alicyclic amines) is 1. The van der Waals surface area contributed by atoms with Crippen LogP contribution in [0.1, 0.15) is 55.7 Å². The molecule has 4 rings (SSSR count). The molecular weight excluding hydrogens is 382 g/mol. The molecule has 0 radical (unpaired) electrons. The predicted molar refractivity (Wildman–Crippen MR) is 114 cm³/mol. The van der Waals surface area contributed by atoms with E-state index in [2.05, 4.69) is 39.6 Å². The van der Waals surface area contributed by atoms with Crippen LogP contribution >= 0.6 is 0 Å². The van der Waals surface area contributed by atoms with Gasteiger partial charge in [-0.2, -0.15) is 4.68 Å². The number of piperidine rings is 1. The van der Waals surface area contributed by atoms with E-state index in [0.29, 0.717) is 0 Å². The molecule has 2 N–H and O–H groups in total. The molecule has 2 aromatic rings. The van der Waals surface area contributed by atoms with Gasteiger partial charge in [0.1, 0.15) is 0 Å². The maximum atomic E-state index is 11.0. The Morgan fingerprint density at radius 3 is 2.47 bits per heavy atom. The minimum atomic E-state index is -0.435. The maximum absolute atomic E-state index is 11.0. The van der Waals surface area contributed by atoms with Crippen molar-refractivity contribution in [2.75, 3.05) is 13.1 Å². The van der Waals surface area contributed by atoms with Crippen LogP contribution in [0.15, 0.2) is 36.5 Å². The number of nitrogens with one attached hydrogen (secondary N) is 1. The largest absolute Gasteiger partial charge is 0.393 e. The molecule has 2 aliphatic rings. The summed E-state index contributed by atoms with van der Waals surface area (Å²) in [6, 6.07) is 10.6. The van der Waals surface area contributed by atoms with Gasteiger partial charge < -0.3 is 20.5 Å². The van der Waals surface area contributed by atoms with Crippen molar-refractivity contribution in [1.82, 2.24) is 20.0 Å². The first-order chi connectivity index (χ1) is 14.6.